The lowest BCUT2D eigenvalue weighted by Crippen LogP contribution is -2.27. The first kappa shape index (κ1) is 17.4. The molecule has 132 valence electrons. The van der Waals surface area contributed by atoms with Crippen LogP contribution in [-0.4, -0.2) is 32.5 Å². The number of carbonyl (C=O) groups excluding carboxylic acids is 1. The summed E-state index contributed by atoms with van der Waals surface area (Å²) in [6.45, 7) is 0.287. The highest BCUT2D eigenvalue weighted by Crippen LogP contribution is 2.22. The second-order valence-electron chi connectivity index (χ2n) is 5.81. The highest BCUT2D eigenvalue weighted by Gasteiger charge is 2.28. The molecule has 3 rings (SSSR count). The standard InChI is InChI=1S/C17H19N3O4S/c1-24-16-9-12(7-8-18-16)11-19-17(21)13-3-2-4-15(10-13)25(22,23)20-14-5-6-14/h2-4,7-10,14,20H,5-6,11H2,1H3,(H,19,21). The van der Waals surface area contributed by atoms with Crippen LogP contribution in [0.25, 0.3) is 0 Å². The maximum absolute atomic E-state index is 12.3. The molecule has 2 aromatic rings. The van der Waals surface area contributed by atoms with Gasteiger partial charge in [0.25, 0.3) is 5.91 Å². The Hall–Kier alpha value is -2.45. The van der Waals surface area contributed by atoms with Crippen LogP contribution in [0.4, 0.5) is 0 Å². The van der Waals surface area contributed by atoms with E-state index in [1.807, 2.05) is 0 Å². The van der Waals surface area contributed by atoms with Gasteiger partial charge in [0.15, 0.2) is 0 Å². The van der Waals surface area contributed by atoms with Crippen molar-refractivity contribution in [2.45, 2.75) is 30.3 Å². The predicted octanol–water partition coefficient (Wildman–Crippen LogP) is 1.46. The van der Waals surface area contributed by atoms with Gasteiger partial charge in [-0.1, -0.05) is 6.07 Å². The topological polar surface area (TPSA) is 97.4 Å². The highest BCUT2D eigenvalue weighted by molar-refractivity contribution is 7.89. The van der Waals surface area contributed by atoms with Crippen LogP contribution in [0.15, 0.2) is 47.5 Å². The maximum Gasteiger partial charge on any atom is 0.251 e. The van der Waals surface area contributed by atoms with Gasteiger partial charge in [-0.15, -0.1) is 0 Å². The second kappa shape index (κ2) is 7.20. The Kier molecular flexibility index (Phi) is 5.00. The third kappa shape index (κ3) is 4.55. The third-order valence-electron chi connectivity index (χ3n) is 3.77. The maximum atomic E-state index is 12.3. The Morgan fingerprint density at radius 3 is 2.80 bits per heavy atom. The van der Waals surface area contributed by atoms with E-state index >= 15 is 0 Å². The first-order valence-electron chi connectivity index (χ1n) is 7.87. The highest BCUT2D eigenvalue weighted by atomic mass is 32.2. The van der Waals surface area contributed by atoms with Crippen molar-refractivity contribution in [3.63, 3.8) is 0 Å². The quantitative estimate of drug-likeness (QED) is 0.778. The SMILES string of the molecule is COc1cc(CNC(=O)c2cccc(S(=O)(=O)NC3CC3)c2)ccn1. The van der Waals surface area contributed by atoms with Crippen LogP contribution in [0.2, 0.25) is 0 Å². The van der Waals surface area contributed by atoms with Gasteiger partial charge in [-0.2, -0.15) is 0 Å². The van der Waals surface area contributed by atoms with Crippen LogP contribution in [0.1, 0.15) is 28.8 Å². The Labute approximate surface area is 146 Å². The molecule has 1 aromatic heterocycles. The Morgan fingerprint density at radius 1 is 1.28 bits per heavy atom. The molecule has 0 unspecified atom stereocenters. The number of benzene rings is 1. The average molecular weight is 361 g/mol. The van der Waals surface area contributed by atoms with Gasteiger partial charge in [0.05, 0.1) is 12.0 Å². The van der Waals surface area contributed by atoms with Crippen LogP contribution < -0.4 is 14.8 Å². The lowest BCUT2D eigenvalue weighted by atomic mass is 10.2. The van der Waals surface area contributed by atoms with Crippen molar-refractivity contribution in [2.24, 2.45) is 0 Å². The van der Waals surface area contributed by atoms with Crippen molar-refractivity contribution in [3.8, 4) is 5.88 Å². The first-order chi connectivity index (χ1) is 12.0. The van der Waals surface area contributed by atoms with Gasteiger partial charge < -0.3 is 10.1 Å². The van der Waals surface area contributed by atoms with E-state index < -0.39 is 10.0 Å². The minimum absolute atomic E-state index is 0.0177. The van der Waals surface area contributed by atoms with Gasteiger partial charge >= 0.3 is 0 Å². The number of methoxy groups -OCH3 is 1. The van der Waals surface area contributed by atoms with E-state index in [2.05, 4.69) is 15.0 Å². The molecule has 1 fully saturated rings. The second-order valence-corrected chi connectivity index (χ2v) is 7.53. The normalized spacial score (nSPS) is 14.1. The van der Waals surface area contributed by atoms with Gasteiger partial charge in [-0.05, 0) is 42.7 Å². The van der Waals surface area contributed by atoms with Gasteiger partial charge in [0.1, 0.15) is 0 Å². The van der Waals surface area contributed by atoms with E-state index in [0.717, 1.165) is 18.4 Å². The van der Waals surface area contributed by atoms with Crippen LogP contribution in [-0.2, 0) is 16.6 Å². The van der Waals surface area contributed by atoms with E-state index in [0.29, 0.717) is 11.4 Å². The minimum atomic E-state index is -3.58. The molecule has 2 N–H and O–H groups in total. The summed E-state index contributed by atoms with van der Waals surface area (Å²) in [6, 6.07) is 9.51. The molecule has 0 saturated heterocycles. The number of amides is 1. The van der Waals surface area contributed by atoms with Crippen LogP contribution in [0, 0.1) is 0 Å². The van der Waals surface area contributed by atoms with Crippen LogP contribution >= 0.6 is 0 Å². The van der Waals surface area contributed by atoms with Crippen molar-refractivity contribution in [1.29, 1.82) is 0 Å². The van der Waals surface area contributed by atoms with Crippen molar-refractivity contribution < 1.29 is 17.9 Å². The van der Waals surface area contributed by atoms with E-state index in [1.54, 1.807) is 30.5 Å². The molecule has 1 aromatic carbocycles. The minimum Gasteiger partial charge on any atom is -0.481 e. The van der Waals surface area contributed by atoms with Crippen molar-refractivity contribution in [1.82, 2.24) is 15.0 Å². The summed E-state index contributed by atoms with van der Waals surface area (Å²) in [5.41, 5.74) is 1.12. The Bertz CT molecular complexity index is 879. The number of hydrogen-bond donors (Lipinski definition) is 2. The van der Waals surface area contributed by atoms with E-state index in [1.165, 1.54) is 19.2 Å². The summed E-state index contributed by atoms with van der Waals surface area (Å²) in [5, 5.41) is 2.76. The number of sulfonamides is 1. The fourth-order valence-electron chi connectivity index (χ4n) is 2.25. The lowest BCUT2D eigenvalue weighted by molar-refractivity contribution is 0.0950. The van der Waals surface area contributed by atoms with Crippen LogP contribution in [0.3, 0.4) is 0 Å². The molecule has 0 aliphatic heterocycles. The molecule has 7 nitrogen and oxygen atoms in total. The van der Waals surface area contributed by atoms with Crippen LogP contribution in [0.5, 0.6) is 5.88 Å². The largest absolute Gasteiger partial charge is 0.481 e. The molecule has 1 amide bonds. The van der Waals surface area contributed by atoms with Crippen molar-refractivity contribution >= 4 is 15.9 Å². The number of hydrogen-bond acceptors (Lipinski definition) is 5. The van der Waals surface area contributed by atoms with E-state index in [4.69, 9.17) is 4.74 Å². The lowest BCUT2D eigenvalue weighted by Gasteiger charge is -2.09. The smallest absolute Gasteiger partial charge is 0.251 e. The van der Waals surface area contributed by atoms with Gasteiger partial charge in [-0.25, -0.2) is 18.1 Å². The number of aromatic nitrogens is 1. The summed E-state index contributed by atoms with van der Waals surface area (Å²) < 4.78 is 32.1. The number of carbonyl (C=O) groups is 1. The Morgan fingerprint density at radius 2 is 2.08 bits per heavy atom. The summed E-state index contributed by atoms with van der Waals surface area (Å²) in [6.07, 6.45) is 3.31. The van der Waals surface area contributed by atoms with Crippen molar-refractivity contribution in [2.75, 3.05) is 7.11 Å². The van der Waals surface area contributed by atoms with Gasteiger partial charge in [0.2, 0.25) is 15.9 Å². The third-order valence-corrected chi connectivity index (χ3v) is 5.29. The number of rotatable bonds is 7. The van der Waals surface area contributed by atoms with Gasteiger partial charge in [-0.3, -0.25) is 4.79 Å². The van der Waals surface area contributed by atoms with Gasteiger partial charge in [0, 0.05) is 30.4 Å². The first-order valence-corrected chi connectivity index (χ1v) is 9.36. The van der Waals surface area contributed by atoms with E-state index in [-0.39, 0.29) is 23.4 Å². The molecule has 0 spiro atoms. The molecule has 1 aliphatic carbocycles. The monoisotopic (exact) mass is 361 g/mol. The molecular weight excluding hydrogens is 342 g/mol. The summed E-state index contributed by atoms with van der Waals surface area (Å²) in [7, 11) is -2.06. The fraction of sp³-hybridized carbons (Fsp3) is 0.294. The molecule has 1 heterocycles. The van der Waals surface area contributed by atoms with Crippen molar-refractivity contribution in [3.05, 3.63) is 53.7 Å². The molecule has 1 aliphatic rings. The summed E-state index contributed by atoms with van der Waals surface area (Å²) in [4.78, 5) is 16.4. The summed E-state index contributed by atoms with van der Waals surface area (Å²) >= 11 is 0. The van der Waals surface area contributed by atoms with E-state index in [9.17, 15) is 13.2 Å². The predicted molar refractivity (Wildman–Crippen MR) is 91.7 cm³/mol. The zero-order valence-corrected chi connectivity index (χ0v) is 14.5. The molecule has 0 bridgehead atoms. The number of ether oxygens (including phenoxy) is 1. The number of pyridine rings is 1. The average Bonchev–Trinajstić information content (AvgIpc) is 3.43. The molecule has 0 radical (unpaired) electrons. The fourth-order valence-corrected chi connectivity index (χ4v) is 3.60. The molecule has 25 heavy (non-hydrogen) atoms. The molecule has 0 atom stereocenters. The number of nitrogens with one attached hydrogen (secondary N) is 2. The molecule has 8 heteroatoms. The molecule has 1 saturated carbocycles. The number of nitrogens with zero attached hydrogens (tertiary/aromatic N) is 1. The summed E-state index contributed by atoms with van der Waals surface area (Å²) in [5.74, 6) is 0.116. The zero-order chi connectivity index (χ0) is 17.9. The zero-order valence-electron chi connectivity index (χ0n) is 13.7. The Balaban J connectivity index is 1.68. The molecular formula is C17H19N3O4S.